The molecule has 0 radical (unpaired) electrons. The molecule has 0 spiro atoms. The Morgan fingerprint density at radius 3 is 2.94 bits per heavy atom. The maximum atomic E-state index is 5.33. The standard InChI is InChI=1S/C11H15N5O/c1-16-7-4-9(14-16)10-13-11(17-15-10)8-2-5-12-6-3-8/h4,7-8,12H,2-3,5-6H2,1H3. The van der Waals surface area contributed by atoms with Crippen LogP contribution >= 0.6 is 0 Å². The topological polar surface area (TPSA) is 68.8 Å². The van der Waals surface area contributed by atoms with E-state index in [9.17, 15) is 0 Å². The van der Waals surface area contributed by atoms with Gasteiger partial charge in [0.25, 0.3) is 0 Å². The number of hydrogen-bond donors (Lipinski definition) is 1. The molecule has 6 nitrogen and oxygen atoms in total. The third-order valence-corrected chi connectivity index (χ3v) is 3.07. The third-order valence-electron chi connectivity index (χ3n) is 3.07. The van der Waals surface area contributed by atoms with Crippen molar-refractivity contribution in [1.29, 1.82) is 0 Å². The molecule has 0 amide bonds. The van der Waals surface area contributed by atoms with Gasteiger partial charge < -0.3 is 9.84 Å². The van der Waals surface area contributed by atoms with E-state index in [2.05, 4.69) is 20.6 Å². The van der Waals surface area contributed by atoms with Gasteiger partial charge in [0.2, 0.25) is 11.7 Å². The maximum absolute atomic E-state index is 5.33. The van der Waals surface area contributed by atoms with Gasteiger partial charge in [-0.2, -0.15) is 10.1 Å². The number of hydrogen-bond acceptors (Lipinski definition) is 5. The van der Waals surface area contributed by atoms with E-state index in [1.165, 1.54) is 0 Å². The summed E-state index contributed by atoms with van der Waals surface area (Å²) in [6, 6.07) is 1.89. The zero-order valence-corrected chi connectivity index (χ0v) is 9.76. The van der Waals surface area contributed by atoms with E-state index >= 15 is 0 Å². The Kier molecular flexibility index (Phi) is 2.64. The van der Waals surface area contributed by atoms with E-state index < -0.39 is 0 Å². The predicted molar refractivity (Wildman–Crippen MR) is 61.3 cm³/mol. The summed E-state index contributed by atoms with van der Waals surface area (Å²) < 4.78 is 7.06. The Bertz CT molecular complexity index is 497. The van der Waals surface area contributed by atoms with Crippen LogP contribution in [0, 0.1) is 0 Å². The van der Waals surface area contributed by atoms with Crippen LogP contribution in [0.3, 0.4) is 0 Å². The second kappa shape index (κ2) is 4.29. The number of nitrogens with zero attached hydrogens (tertiary/aromatic N) is 4. The van der Waals surface area contributed by atoms with Gasteiger partial charge >= 0.3 is 0 Å². The molecule has 2 aromatic heterocycles. The van der Waals surface area contributed by atoms with Crippen molar-refractivity contribution in [3.63, 3.8) is 0 Å². The average Bonchev–Trinajstić information content (AvgIpc) is 2.98. The summed E-state index contributed by atoms with van der Waals surface area (Å²) in [6.07, 6.45) is 3.99. The first kappa shape index (κ1) is 10.5. The lowest BCUT2D eigenvalue weighted by atomic mass is 9.98. The van der Waals surface area contributed by atoms with Crippen molar-refractivity contribution in [2.24, 2.45) is 7.05 Å². The molecule has 0 aliphatic carbocycles. The van der Waals surface area contributed by atoms with Gasteiger partial charge in [-0.05, 0) is 32.0 Å². The van der Waals surface area contributed by atoms with Crippen LogP contribution in [0.4, 0.5) is 0 Å². The van der Waals surface area contributed by atoms with Crippen LogP contribution in [0.5, 0.6) is 0 Å². The molecule has 1 N–H and O–H groups in total. The lowest BCUT2D eigenvalue weighted by molar-refractivity contribution is 0.320. The fourth-order valence-corrected chi connectivity index (χ4v) is 2.11. The summed E-state index contributed by atoms with van der Waals surface area (Å²) in [7, 11) is 1.87. The molecule has 1 aliphatic rings. The summed E-state index contributed by atoms with van der Waals surface area (Å²) in [5.74, 6) is 1.72. The van der Waals surface area contributed by atoms with Gasteiger partial charge in [0.15, 0.2) is 0 Å². The molecule has 0 aromatic carbocycles. The van der Waals surface area contributed by atoms with Gasteiger partial charge in [0.1, 0.15) is 5.69 Å². The van der Waals surface area contributed by atoms with Gasteiger partial charge in [-0.1, -0.05) is 5.16 Å². The van der Waals surface area contributed by atoms with E-state index in [0.717, 1.165) is 37.5 Å². The zero-order chi connectivity index (χ0) is 11.7. The quantitative estimate of drug-likeness (QED) is 0.836. The van der Waals surface area contributed by atoms with Crippen LogP contribution in [0.2, 0.25) is 0 Å². The van der Waals surface area contributed by atoms with E-state index in [1.54, 1.807) is 4.68 Å². The Balaban J connectivity index is 1.82. The first-order valence-corrected chi connectivity index (χ1v) is 5.87. The van der Waals surface area contributed by atoms with Gasteiger partial charge in [0, 0.05) is 19.2 Å². The predicted octanol–water partition coefficient (Wildman–Crippen LogP) is 0.937. The van der Waals surface area contributed by atoms with E-state index in [0.29, 0.717) is 11.7 Å². The van der Waals surface area contributed by atoms with E-state index in [1.807, 2.05) is 19.3 Å². The number of aromatic nitrogens is 4. The van der Waals surface area contributed by atoms with E-state index in [-0.39, 0.29) is 0 Å². The molecular weight excluding hydrogens is 218 g/mol. The largest absolute Gasteiger partial charge is 0.339 e. The lowest BCUT2D eigenvalue weighted by Crippen LogP contribution is -2.26. The molecule has 1 saturated heterocycles. The SMILES string of the molecule is Cn1ccc(-c2noc(C3CCNCC3)n2)n1. The maximum Gasteiger partial charge on any atom is 0.230 e. The minimum Gasteiger partial charge on any atom is -0.339 e. The fourth-order valence-electron chi connectivity index (χ4n) is 2.11. The van der Waals surface area contributed by atoms with Crippen molar-refractivity contribution in [3.05, 3.63) is 18.2 Å². The molecule has 3 heterocycles. The van der Waals surface area contributed by atoms with Crippen molar-refractivity contribution in [1.82, 2.24) is 25.2 Å². The summed E-state index contributed by atoms with van der Waals surface area (Å²) in [6.45, 7) is 2.04. The minimum atomic E-state index is 0.390. The first-order chi connectivity index (χ1) is 8.33. The smallest absolute Gasteiger partial charge is 0.230 e. The Hall–Kier alpha value is -1.69. The molecule has 0 bridgehead atoms. The second-order valence-corrected chi connectivity index (χ2v) is 4.36. The van der Waals surface area contributed by atoms with Crippen LogP contribution < -0.4 is 5.32 Å². The highest BCUT2D eigenvalue weighted by Gasteiger charge is 2.22. The molecule has 17 heavy (non-hydrogen) atoms. The average molecular weight is 233 g/mol. The molecule has 1 aliphatic heterocycles. The van der Waals surface area contributed by atoms with Gasteiger partial charge in [-0.15, -0.1) is 0 Å². The molecule has 3 rings (SSSR count). The van der Waals surface area contributed by atoms with Crippen LogP contribution in [-0.2, 0) is 7.05 Å². The highest BCUT2D eigenvalue weighted by atomic mass is 16.5. The molecule has 0 atom stereocenters. The van der Waals surface area contributed by atoms with Crippen molar-refractivity contribution in [3.8, 4) is 11.5 Å². The van der Waals surface area contributed by atoms with Crippen LogP contribution in [-0.4, -0.2) is 33.0 Å². The first-order valence-electron chi connectivity index (χ1n) is 5.87. The highest BCUT2D eigenvalue weighted by molar-refractivity contribution is 5.46. The van der Waals surface area contributed by atoms with E-state index in [4.69, 9.17) is 4.52 Å². The van der Waals surface area contributed by atoms with Crippen molar-refractivity contribution < 1.29 is 4.52 Å². The molecule has 2 aromatic rings. The Labute approximate surface area is 99.0 Å². The molecular formula is C11H15N5O. The summed E-state index contributed by atoms with van der Waals surface area (Å²) >= 11 is 0. The third kappa shape index (κ3) is 2.08. The molecule has 90 valence electrons. The monoisotopic (exact) mass is 233 g/mol. The fraction of sp³-hybridized carbons (Fsp3) is 0.545. The van der Waals surface area contributed by atoms with Gasteiger partial charge in [-0.25, -0.2) is 0 Å². The second-order valence-electron chi connectivity index (χ2n) is 4.36. The lowest BCUT2D eigenvalue weighted by Gasteiger charge is -2.18. The number of aryl methyl sites for hydroxylation is 1. The minimum absolute atomic E-state index is 0.390. The van der Waals surface area contributed by atoms with Gasteiger partial charge in [0.05, 0.1) is 0 Å². The molecule has 0 unspecified atom stereocenters. The highest BCUT2D eigenvalue weighted by Crippen LogP contribution is 2.25. The number of nitrogens with one attached hydrogen (secondary N) is 1. The van der Waals surface area contributed by atoms with Crippen molar-refractivity contribution in [2.75, 3.05) is 13.1 Å². The Morgan fingerprint density at radius 1 is 1.41 bits per heavy atom. The van der Waals surface area contributed by atoms with Crippen LogP contribution in [0.15, 0.2) is 16.8 Å². The molecule has 0 saturated carbocycles. The normalized spacial score (nSPS) is 17.5. The van der Waals surface area contributed by atoms with Crippen LogP contribution in [0.25, 0.3) is 11.5 Å². The summed E-state index contributed by atoms with van der Waals surface area (Å²) in [5.41, 5.74) is 0.761. The molecule has 6 heteroatoms. The van der Waals surface area contributed by atoms with Crippen molar-refractivity contribution >= 4 is 0 Å². The Morgan fingerprint density at radius 2 is 2.24 bits per heavy atom. The number of piperidine rings is 1. The van der Waals surface area contributed by atoms with Gasteiger partial charge in [-0.3, -0.25) is 4.68 Å². The zero-order valence-electron chi connectivity index (χ0n) is 9.76. The number of rotatable bonds is 2. The molecule has 1 fully saturated rings. The van der Waals surface area contributed by atoms with Crippen molar-refractivity contribution in [2.45, 2.75) is 18.8 Å². The van der Waals surface area contributed by atoms with Crippen LogP contribution in [0.1, 0.15) is 24.7 Å². The summed E-state index contributed by atoms with van der Waals surface area (Å²) in [5, 5.41) is 11.6. The summed E-state index contributed by atoms with van der Waals surface area (Å²) in [4.78, 5) is 4.44.